The Kier molecular flexibility index (Phi) is 5.00. The van der Waals surface area contributed by atoms with Gasteiger partial charge in [0.2, 0.25) is 0 Å². The van der Waals surface area contributed by atoms with Crippen molar-refractivity contribution in [2.75, 3.05) is 0 Å². The second kappa shape index (κ2) is 7.36. The maximum atomic E-state index is 12.4. The van der Waals surface area contributed by atoms with Crippen LogP contribution in [-0.2, 0) is 16.6 Å². The molecule has 3 rings (SSSR count). The third kappa shape index (κ3) is 4.36. The van der Waals surface area contributed by atoms with Gasteiger partial charge in [-0.05, 0) is 36.8 Å². The predicted octanol–water partition coefficient (Wildman–Crippen LogP) is 2.71. The van der Waals surface area contributed by atoms with Crippen LogP contribution in [0.2, 0.25) is 0 Å². The van der Waals surface area contributed by atoms with Gasteiger partial charge in [0.1, 0.15) is 6.61 Å². The number of benzene rings is 2. The van der Waals surface area contributed by atoms with E-state index in [4.69, 9.17) is 4.84 Å². The van der Waals surface area contributed by atoms with Gasteiger partial charge in [0, 0.05) is 6.20 Å². The fraction of sp³-hybridized carbons (Fsp3) is 0.105. The van der Waals surface area contributed by atoms with Gasteiger partial charge < -0.3 is 4.84 Å². The first-order chi connectivity index (χ1) is 12.0. The van der Waals surface area contributed by atoms with E-state index >= 15 is 0 Å². The fourth-order valence-corrected chi connectivity index (χ4v) is 3.19. The van der Waals surface area contributed by atoms with E-state index in [1.165, 1.54) is 22.4 Å². The van der Waals surface area contributed by atoms with Gasteiger partial charge in [-0.25, -0.2) is 0 Å². The van der Waals surface area contributed by atoms with Crippen LogP contribution >= 0.6 is 0 Å². The zero-order valence-corrected chi connectivity index (χ0v) is 14.6. The SMILES string of the molecule is Cc1ccc(COn2cccc/c2=N/S(=O)(=O)c2ccccc2)cc1. The number of pyridine rings is 1. The third-order valence-electron chi connectivity index (χ3n) is 3.55. The molecule has 1 aromatic heterocycles. The van der Waals surface area contributed by atoms with Crippen LogP contribution in [0.1, 0.15) is 11.1 Å². The van der Waals surface area contributed by atoms with Crippen LogP contribution in [0, 0.1) is 6.92 Å². The van der Waals surface area contributed by atoms with Crippen molar-refractivity contribution in [2.24, 2.45) is 4.40 Å². The summed E-state index contributed by atoms with van der Waals surface area (Å²) in [4.78, 5) is 5.85. The number of sulfonamides is 1. The molecular formula is C19H18N2O3S. The molecule has 0 amide bonds. The van der Waals surface area contributed by atoms with Gasteiger partial charge in [-0.1, -0.05) is 54.1 Å². The topological polar surface area (TPSA) is 60.7 Å². The Morgan fingerprint density at radius 2 is 1.60 bits per heavy atom. The molecule has 1 heterocycles. The van der Waals surface area contributed by atoms with Gasteiger partial charge in [-0.3, -0.25) is 0 Å². The van der Waals surface area contributed by atoms with Crippen molar-refractivity contribution in [2.45, 2.75) is 18.4 Å². The van der Waals surface area contributed by atoms with Gasteiger partial charge in [0.25, 0.3) is 10.0 Å². The van der Waals surface area contributed by atoms with Crippen LogP contribution in [0.25, 0.3) is 0 Å². The van der Waals surface area contributed by atoms with Gasteiger partial charge >= 0.3 is 0 Å². The minimum atomic E-state index is -3.80. The highest BCUT2D eigenvalue weighted by atomic mass is 32.2. The molecule has 6 heteroatoms. The number of aryl methyl sites for hydroxylation is 1. The number of hydrogen-bond donors (Lipinski definition) is 0. The highest BCUT2D eigenvalue weighted by molar-refractivity contribution is 7.90. The van der Waals surface area contributed by atoms with Crippen LogP contribution in [-0.4, -0.2) is 13.1 Å². The van der Waals surface area contributed by atoms with Crippen molar-refractivity contribution >= 4 is 10.0 Å². The summed E-state index contributed by atoms with van der Waals surface area (Å²) < 4.78 is 30.1. The van der Waals surface area contributed by atoms with Gasteiger partial charge in [-0.2, -0.15) is 13.1 Å². The molecule has 0 atom stereocenters. The summed E-state index contributed by atoms with van der Waals surface area (Å²) >= 11 is 0. The van der Waals surface area contributed by atoms with Crippen LogP contribution in [0.15, 0.2) is 88.3 Å². The van der Waals surface area contributed by atoms with Gasteiger partial charge in [-0.15, -0.1) is 4.40 Å². The molecule has 2 aromatic carbocycles. The number of hydrogen-bond acceptors (Lipinski definition) is 3. The molecule has 25 heavy (non-hydrogen) atoms. The average Bonchev–Trinajstić information content (AvgIpc) is 2.63. The number of rotatable bonds is 5. The fourth-order valence-electron chi connectivity index (χ4n) is 2.20. The van der Waals surface area contributed by atoms with E-state index in [2.05, 4.69) is 4.40 Å². The standard InChI is InChI=1S/C19H18N2O3S/c1-16-10-12-17(13-11-16)15-24-21-14-6-5-9-19(21)20-25(22,23)18-7-3-2-4-8-18/h2-14H,15H2,1H3/b20-19-. The van der Waals surface area contributed by atoms with Gasteiger partial charge in [0.15, 0.2) is 5.49 Å². The molecule has 0 radical (unpaired) electrons. The Balaban J connectivity index is 1.89. The van der Waals surface area contributed by atoms with Crippen molar-refractivity contribution in [3.63, 3.8) is 0 Å². The summed E-state index contributed by atoms with van der Waals surface area (Å²) in [6.45, 7) is 2.32. The molecule has 0 unspecified atom stereocenters. The van der Waals surface area contributed by atoms with Crippen molar-refractivity contribution in [1.82, 2.24) is 4.73 Å². The Hall–Kier alpha value is -2.86. The molecule has 0 aliphatic carbocycles. The zero-order valence-electron chi connectivity index (χ0n) is 13.7. The minimum absolute atomic E-state index is 0.143. The second-order valence-electron chi connectivity index (χ2n) is 5.52. The van der Waals surface area contributed by atoms with E-state index in [1.807, 2.05) is 31.2 Å². The van der Waals surface area contributed by atoms with Crippen molar-refractivity contribution in [3.05, 3.63) is 95.6 Å². The summed E-state index contributed by atoms with van der Waals surface area (Å²) in [5, 5.41) is 0. The Bertz CT molecular complexity index is 1010. The lowest BCUT2D eigenvalue weighted by atomic mass is 10.2. The summed E-state index contributed by atoms with van der Waals surface area (Å²) in [5.74, 6) is 0. The van der Waals surface area contributed by atoms with E-state index in [0.717, 1.165) is 5.56 Å². The molecule has 0 saturated heterocycles. The molecule has 0 spiro atoms. The predicted molar refractivity (Wildman–Crippen MR) is 95.1 cm³/mol. The van der Waals surface area contributed by atoms with Crippen LogP contribution in [0.3, 0.4) is 0 Å². The number of aromatic nitrogens is 1. The number of nitrogens with zero attached hydrogens (tertiary/aromatic N) is 2. The first-order valence-corrected chi connectivity index (χ1v) is 9.21. The quantitative estimate of drug-likeness (QED) is 0.708. The first-order valence-electron chi connectivity index (χ1n) is 7.77. The highest BCUT2D eigenvalue weighted by Crippen LogP contribution is 2.10. The van der Waals surface area contributed by atoms with Gasteiger partial charge in [0.05, 0.1) is 4.90 Å². The summed E-state index contributed by atoms with van der Waals surface area (Å²) in [5.41, 5.74) is 2.36. The molecule has 0 aliphatic heterocycles. The average molecular weight is 354 g/mol. The Morgan fingerprint density at radius 3 is 2.32 bits per heavy atom. The Morgan fingerprint density at radius 1 is 0.920 bits per heavy atom. The smallest absolute Gasteiger partial charge is 0.284 e. The van der Waals surface area contributed by atoms with E-state index in [0.29, 0.717) is 6.61 Å². The molecule has 0 N–H and O–H groups in total. The molecule has 128 valence electrons. The largest absolute Gasteiger partial charge is 0.408 e. The maximum Gasteiger partial charge on any atom is 0.284 e. The molecule has 3 aromatic rings. The first kappa shape index (κ1) is 17.0. The van der Waals surface area contributed by atoms with E-state index in [1.54, 1.807) is 42.6 Å². The molecule has 0 fully saturated rings. The van der Waals surface area contributed by atoms with Crippen LogP contribution < -0.4 is 10.3 Å². The normalized spacial score (nSPS) is 12.1. The minimum Gasteiger partial charge on any atom is -0.408 e. The monoisotopic (exact) mass is 354 g/mol. The molecule has 0 aliphatic rings. The van der Waals surface area contributed by atoms with Crippen LogP contribution in [0.4, 0.5) is 0 Å². The Labute approximate surface area is 146 Å². The lowest BCUT2D eigenvalue weighted by Crippen LogP contribution is -2.27. The van der Waals surface area contributed by atoms with E-state index in [-0.39, 0.29) is 10.4 Å². The summed E-state index contributed by atoms with van der Waals surface area (Å²) in [6.07, 6.45) is 1.63. The summed E-state index contributed by atoms with van der Waals surface area (Å²) in [6, 6.07) is 21.1. The molecule has 5 nitrogen and oxygen atoms in total. The summed E-state index contributed by atoms with van der Waals surface area (Å²) in [7, 11) is -3.80. The molecule has 0 bridgehead atoms. The lowest BCUT2D eigenvalue weighted by molar-refractivity contribution is 0.0877. The second-order valence-corrected chi connectivity index (χ2v) is 7.13. The van der Waals surface area contributed by atoms with Crippen molar-refractivity contribution in [1.29, 1.82) is 0 Å². The molecule has 0 saturated carbocycles. The lowest BCUT2D eigenvalue weighted by Gasteiger charge is -2.10. The highest BCUT2D eigenvalue weighted by Gasteiger charge is 2.11. The van der Waals surface area contributed by atoms with Crippen molar-refractivity contribution in [3.8, 4) is 0 Å². The van der Waals surface area contributed by atoms with Crippen molar-refractivity contribution < 1.29 is 13.3 Å². The van der Waals surface area contributed by atoms with E-state index in [9.17, 15) is 8.42 Å². The van der Waals surface area contributed by atoms with Crippen LogP contribution in [0.5, 0.6) is 0 Å². The zero-order chi connectivity index (χ0) is 17.7. The maximum absolute atomic E-state index is 12.4. The van der Waals surface area contributed by atoms with E-state index < -0.39 is 10.0 Å². The third-order valence-corrected chi connectivity index (χ3v) is 4.84. The molecular weight excluding hydrogens is 336 g/mol.